The van der Waals surface area contributed by atoms with Crippen LogP contribution in [-0.4, -0.2) is 28.7 Å². The fourth-order valence-corrected chi connectivity index (χ4v) is 2.34. The van der Waals surface area contributed by atoms with Crippen LogP contribution in [0, 0.1) is 11.3 Å². The van der Waals surface area contributed by atoms with Gasteiger partial charge >= 0.3 is 11.9 Å². The van der Waals surface area contributed by atoms with Gasteiger partial charge in [-0.1, -0.05) is 0 Å². The Bertz CT molecular complexity index is 823. The van der Waals surface area contributed by atoms with Gasteiger partial charge in [-0.3, -0.25) is 4.79 Å². The third-order valence-corrected chi connectivity index (χ3v) is 3.50. The quantitative estimate of drug-likeness (QED) is 0.766. The van der Waals surface area contributed by atoms with Crippen molar-refractivity contribution in [3.63, 3.8) is 0 Å². The van der Waals surface area contributed by atoms with E-state index in [1.807, 2.05) is 26.8 Å². The van der Waals surface area contributed by atoms with Crippen LogP contribution in [-0.2, 0) is 14.3 Å². The molecule has 0 aliphatic rings. The average molecular weight is 354 g/mol. The van der Waals surface area contributed by atoms with E-state index in [9.17, 15) is 14.9 Å². The smallest absolute Gasteiger partial charge is 0.338 e. The first-order chi connectivity index (χ1) is 12.2. The predicted octanol–water partition coefficient (Wildman–Crippen LogP) is 3.60. The van der Waals surface area contributed by atoms with Crippen LogP contribution in [0.15, 0.2) is 42.7 Å². The number of ether oxygens (including phenoxy) is 2. The Morgan fingerprint density at radius 1 is 1.19 bits per heavy atom. The number of carbonyl (C=O) groups excluding carboxylic acids is 2. The first kappa shape index (κ1) is 19.3. The molecule has 26 heavy (non-hydrogen) atoms. The highest BCUT2D eigenvalue weighted by Gasteiger charge is 2.23. The van der Waals surface area contributed by atoms with E-state index in [0.717, 1.165) is 5.69 Å². The average Bonchev–Trinajstić information content (AvgIpc) is 3.04. The zero-order valence-electron chi connectivity index (χ0n) is 15.4. The number of nitriles is 1. The summed E-state index contributed by atoms with van der Waals surface area (Å²) in [6, 6.07) is 10.6. The molecule has 0 aliphatic heterocycles. The summed E-state index contributed by atoms with van der Waals surface area (Å²) in [5.74, 6) is -1.91. The molecule has 0 spiro atoms. The van der Waals surface area contributed by atoms with E-state index in [0.29, 0.717) is 11.1 Å². The molecule has 1 unspecified atom stereocenters. The number of aromatic nitrogens is 1. The van der Waals surface area contributed by atoms with E-state index in [2.05, 4.69) is 0 Å². The van der Waals surface area contributed by atoms with Crippen LogP contribution in [0.5, 0.6) is 0 Å². The third-order valence-electron chi connectivity index (χ3n) is 3.50. The van der Waals surface area contributed by atoms with Crippen molar-refractivity contribution in [2.24, 2.45) is 0 Å². The Labute approximate surface area is 152 Å². The molecule has 0 N–H and O–H groups in total. The Kier molecular flexibility index (Phi) is 5.83. The molecule has 1 atom stereocenters. The van der Waals surface area contributed by atoms with E-state index >= 15 is 0 Å². The number of esters is 2. The van der Waals surface area contributed by atoms with Crippen LogP contribution < -0.4 is 0 Å². The van der Waals surface area contributed by atoms with Crippen LogP contribution in [0.1, 0.15) is 49.5 Å². The number of hydrogen-bond donors (Lipinski definition) is 0. The summed E-state index contributed by atoms with van der Waals surface area (Å²) in [5.41, 5.74) is 1.26. The summed E-state index contributed by atoms with van der Waals surface area (Å²) in [7, 11) is 0. The molecule has 1 aromatic heterocycles. The van der Waals surface area contributed by atoms with E-state index in [1.54, 1.807) is 54.2 Å². The molecule has 0 saturated carbocycles. The third kappa shape index (κ3) is 4.73. The zero-order chi connectivity index (χ0) is 19.3. The molecule has 2 rings (SSSR count). The molecule has 1 aromatic carbocycles. The molecule has 0 saturated heterocycles. The van der Waals surface area contributed by atoms with Gasteiger partial charge in [-0.15, -0.1) is 0 Å². The van der Waals surface area contributed by atoms with Gasteiger partial charge in [0.25, 0.3) is 0 Å². The molecule has 136 valence electrons. The Morgan fingerprint density at radius 2 is 1.85 bits per heavy atom. The van der Waals surface area contributed by atoms with Crippen molar-refractivity contribution in [3.8, 4) is 11.8 Å². The van der Waals surface area contributed by atoms with Crippen molar-refractivity contribution in [1.29, 1.82) is 5.26 Å². The van der Waals surface area contributed by atoms with Crippen molar-refractivity contribution in [1.82, 2.24) is 4.57 Å². The van der Waals surface area contributed by atoms with Crippen LogP contribution in [0.2, 0.25) is 0 Å². The van der Waals surface area contributed by atoms with E-state index < -0.39 is 17.5 Å². The van der Waals surface area contributed by atoms with Gasteiger partial charge in [-0.2, -0.15) is 5.26 Å². The monoisotopic (exact) mass is 354 g/mol. The lowest BCUT2D eigenvalue weighted by Crippen LogP contribution is -2.23. The molecule has 2 aromatic rings. The first-order valence-corrected chi connectivity index (χ1v) is 8.33. The van der Waals surface area contributed by atoms with Crippen LogP contribution in [0.4, 0.5) is 0 Å². The molecule has 0 fully saturated rings. The molecule has 0 radical (unpaired) electrons. The highest BCUT2D eigenvalue weighted by Crippen LogP contribution is 2.21. The van der Waals surface area contributed by atoms with E-state index in [-0.39, 0.29) is 12.6 Å². The van der Waals surface area contributed by atoms with Crippen LogP contribution in [0.3, 0.4) is 0 Å². The van der Waals surface area contributed by atoms with Gasteiger partial charge in [0.1, 0.15) is 5.60 Å². The van der Waals surface area contributed by atoms with Gasteiger partial charge < -0.3 is 14.0 Å². The largest absolute Gasteiger partial charge is 0.465 e. The summed E-state index contributed by atoms with van der Waals surface area (Å²) in [6.45, 7) is 7.37. The highest BCUT2D eigenvalue weighted by molar-refractivity contribution is 5.89. The second-order valence-corrected chi connectivity index (χ2v) is 6.72. The number of hydrogen-bond acceptors (Lipinski definition) is 5. The summed E-state index contributed by atoms with van der Waals surface area (Å²) >= 11 is 0. The van der Waals surface area contributed by atoms with Gasteiger partial charge in [0.05, 0.1) is 18.2 Å². The molecule has 0 bridgehead atoms. The fraction of sp³-hybridized carbons (Fsp3) is 0.350. The number of rotatable bonds is 5. The maximum atomic E-state index is 12.1. The fourth-order valence-electron chi connectivity index (χ4n) is 2.34. The molecular formula is C20H22N2O4. The van der Waals surface area contributed by atoms with Gasteiger partial charge in [0.2, 0.25) is 0 Å². The lowest BCUT2D eigenvalue weighted by Gasteiger charge is -2.19. The SMILES string of the molecule is CCOC(=O)C(C#N)c1ccn(-c2ccc(C(=O)OC(C)(C)C)cc2)c1. The number of carbonyl (C=O) groups is 2. The lowest BCUT2D eigenvalue weighted by molar-refractivity contribution is -0.143. The standard InChI is InChI=1S/C20H22N2O4/c1-5-25-19(24)17(12-21)15-10-11-22(13-15)16-8-6-14(7-9-16)18(23)26-20(2,3)4/h6-11,13,17H,5H2,1-4H3. The summed E-state index contributed by atoms with van der Waals surface area (Å²) in [6.07, 6.45) is 3.45. The second kappa shape index (κ2) is 7.87. The van der Waals surface area contributed by atoms with Crippen LogP contribution >= 0.6 is 0 Å². The van der Waals surface area contributed by atoms with Crippen molar-refractivity contribution in [2.45, 2.75) is 39.2 Å². The van der Waals surface area contributed by atoms with Crippen molar-refractivity contribution < 1.29 is 19.1 Å². The predicted molar refractivity (Wildman–Crippen MR) is 95.9 cm³/mol. The van der Waals surface area contributed by atoms with Gasteiger partial charge in [0.15, 0.2) is 5.92 Å². The van der Waals surface area contributed by atoms with Crippen LogP contribution in [0.25, 0.3) is 5.69 Å². The molecular weight excluding hydrogens is 332 g/mol. The minimum absolute atomic E-state index is 0.226. The molecule has 6 heteroatoms. The minimum atomic E-state index is -0.961. The van der Waals surface area contributed by atoms with Gasteiger partial charge in [0, 0.05) is 18.1 Å². The normalized spacial score (nSPS) is 12.1. The topological polar surface area (TPSA) is 81.3 Å². The zero-order valence-corrected chi connectivity index (χ0v) is 15.4. The van der Waals surface area contributed by atoms with Crippen molar-refractivity contribution in [3.05, 3.63) is 53.9 Å². The molecule has 1 heterocycles. The second-order valence-electron chi connectivity index (χ2n) is 6.72. The Hall–Kier alpha value is -3.07. The first-order valence-electron chi connectivity index (χ1n) is 8.33. The maximum absolute atomic E-state index is 12.1. The summed E-state index contributed by atoms with van der Waals surface area (Å²) < 4.78 is 12.0. The Morgan fingerprint density at radius 3 is 2.38 bits per heavy atom. The maximum Gasteiger partial charge on any atom is 0.338 e. The minimum Gasteiger partial charge on any atom is -0.465 e. The van der Waals surface area contributed by atoms with Crippen molar-refractivity contribution in [2.75, 3.05) is 6.61 Å². The molecule has 6 nitrogen and oxygen atoms in total. The van der Waals surface area contributed by atoms with Crippen molar-refractivity contribution >= 4 is 11.9 Å². The lowest BCUT2D eigenvalue weighted by atomic mass is 10.1. The summed E-state index contributed by atoms with van der Waals surface area (Å²) in [4.78, 5) is 23.9. The highest BCUT2D eigenvalue weighted by atomic mass is 16.6. The summed E-state index contributed by atoms with van der Waals surface area (Å²) in [5, 5.41) is 9.24. The van der Waals surface area contributed by atoms with E-state index in [4.69, 9.17) is 9.47 Å². The Balaban J connectivity index is 2.18. The number of benzene rings is 1. The molecule has 0 aliphatic carbocycles. The van der Waals surface area contributed by atoms with E-state index in [1.165, 1.54) is 0 Å². The van der Waals surface area contributed by atoms with Gasteiger partial charge in [-0.05, 0) is 63.6 Å². The number of nitrogens with zero attached hydrogens (tertiary/aromatic N) is 2. The van der Waals surface area contributed by atoms with Gasteiger partial charge in [-0.25, -0.2) is 4.79 Å². The molecule has 0 amide bonds.